The summed E-state index contributed by atoms with van der Waals surface area (Å²) < 4.78 is 5.26. The van der Waals surface area contributed by atoms with Crippen LogP contribution in [0.25, 0.3) is 0 Å². The highest BCUT2D eigenvalue weighted by Gasteiger charge is 2.14. The van der Waals surface area contributed by atoms with Gasteiger partial charge in [-0.1, -0.05) is 53.5 Å². The largest absolute Gasteiger partial charge is 0.459 e. The number of carbonyl (C=O) groups excluding carboxylic acids is 1. The van der Waals surface area contributed by atoms with Gasteiger partial charge in [0.05, 0.1) is 10.0 Å². The molecule has 110 valence electrons. The molecule has 0 radical (unpaired) electrons. The van der Waals surface area contributed by atoms with Gasteiger partial charge < -0.3 is 10.1 Å². The highest BCUT2D eigenvalue weighted by atomic mass is 35.5. The minimum atomic E-state index is -0.481. The number of rotatable bonds is 5. The maximum absolute atomic E-state index is 11.9. The molecule has 0 saturated heterocycles. The monoisotopic (exact) mass is 323 g/mol. The van der Waals surface area contributed by atoms with Crippen molar-refractivity contribution in [1.29, 1.82) is 0 Å². The first kappa shape index (κ1) is 15.7. The molecular formula is C16H15Cl2NO2. The van der Waals surface area contributed by atoms with Gasteiger partial charge in [0.2, 0.25) is 0 Å². The molecule has 0 aliphatic heterocycles. The summed E-state index contributed by atoms with van der Waals surface area (Å²) in [6.45, 7) is 1.99. The maximum Gasteiger partial charge on any atom is 0.328 e. The summed E-state index contributed by atoms with van der Waals surface area (Å²) in [5.41, 5.74) is 1.67. The molecule has 2 rings (SSSR count). The first-order valence-electron chi connectivity index (χ1n) is 6.48. The van der Waals surface area contributed by atoms with Gasteiger partial charge in [0, 0.05) is 5.69 Å². The predicted octanol–water partition coefficient (Wildman–Crippen LogP) is 4.54. The molecule has 2 aromatic carbocycles. The molecule has 3 nitrogen and oxygen atoms in total. The van der Waals surface area contributed by atoms with E-state index in [1.807, 2.05) is 30.3 Å². The Bertz CT molecular complexity index is 617. The van der Waals surface area contributed by atoms with Crippen LogP contribution >= 0.6 is 23.2 Å². The van der Waals surface area contributed by atoms with Crippen molar-refractivity contribution in [2.45, 2.75) is 19.6 Å². The number of benzene rings is 2. The van der Waals surface area contributed by atoms with Crippen LogP contribution in [0.5, 0.6) is 0 Å². The molecule has 0 aliphatic carbocycles. The van der Waals surface area contributed by atoms with Gasteiger partial charge in [0.25, 0.3) is 0 Å². The molecular weight excluding hydrogens is 309 g/mol. The molecule has 21 heavy (non-hydrogen) atoms. The Morgan fingerprint density at radius 1 is 1.14 bits per heavy atom. The number of hydrogen-bond donors (Lipinski definition) is 1. The van der Waals surface area contributed by atoms with Crippen LogP contribution in [0.1, 0.15) is 12.5 Å². The number of anilines is 1. The summed E-state index contributed by atoms with van der Waals surface area (Å²) in [5, 5.41) is 3.94. The summed E-state index contributed by atoms with van der Waals surface area (Å²) >= 11 is 11.8. The maximum atomic E-state index is 11.9. The Kier molecular flexibility index (Phi) is 5.48. The molecule has 0 fully saturated rings. The number of esters is 1. The average molecular weight is 324 g/mol. The van der Waals surface area contributed by atoms with Crippen molar-refractivity contribution in [2.24, 2.45) is 0 Å². The van der Waals surface area contributed by atoms with Crippen molar-refractivity contribution in [1.82, 2.24) is 0 Å². The van der Waals surface area contributed by atoms with E-state index in [1.54, 1.807) is 25.1 Å². The highest BCUT2D eigenvalue weighted by Crippen LogP contribution is 2.25. The van der Waals surface area contributed by atoms with E-state index in [1.165, 1.54) is 0 Å². The lowest BCUT2D eigenvalue weighted by molar-refractivity contribution is -0.145. The van der Waals surface area contributed by atoms with Gasteiger partial charge in [-0.2, -0.15) is 0 Å². The fourth-order valence-corrected chi connectivity index (χ4v) is 2.05. The number of nitrogens with one attached hydrogen (secondary N) is 1. The van der Waals surface area contributed by atoms with Crippen LogP contribution in [-0.2, 0) is 16.1 Å². The van der Waals surface area contributed by atoms with Crippen molar-refractivity contribution in [2.75, 3.05) is 5.32 Å². The normalized spacial score (nSPS) is 11.8. The second-order valence-corrected chi connectivity index (χ2v) is 5.40. The van der Waals surface area contributed by atoms with Crippen molar-refractivity contribution in [3.63, 3.8) is 0 Å². The van der Waals surface area contributed by atoms with Crippen LogP contribution in [0.15, 0.2) is 48.5 Å². The molecule has 0 aromatic heterocycles. The molecule has 0 amide bonds. The first-order chi connectivity index (χ1) is 10.1. The van der Waals surface area contributed by atoms with Gasteiger partial charge >= 0.3 is 5.97 Å². The minimum absolute atomic E-state index is 0.257. The summed E-state index contributed by atoms with van der Waals surface area (Å²) in [6, 6.07) is 14.2. The van der Waals surface area contributed by atoms with E-state index in [0.717, 1.165) is 5.56 Å². The van der Waals surface area contributed by atoms with Crippen molar-refractivity contribution in [3.05, 3.63) is 64.1 Å². The fraction of sp³-hybridized carbons (Fsp3) is 0.188. The van der Waals surface area contributed by atoms with Gasteiger partial charge in [-0.25, -0.2) is 4.79 Å². The number of halogens is 2. The molecule has 1 atom stereocenters. The van der Waals surface area contributed by atoms with Crippen molar-refractivity contribution >= 4 is 34.9 Å². The van der Waals surface area contributed by atoms with Crippen LogP contribution in [-0.4, -0.2) is 12.0 Å². The SMILES string of the molecule is CC(Nc1ccc(Cl)c(Cl)c1)C(=O)OCc1ccccc1. The molecule has 0 spiro atoms. The lowest BCUT2D eigenvalue weighted by Crippen LogP contribution is -2.28. The Balaban J connectivity index is 1.88. The lowest BCUT2D eigenvalue weighted by atomic mass is 10.2. The van der Waals surface area contributed by atoms with Crippen LogP contribution in [0.2, 0.25) is 10.0 Å². The van der Waals surface area contributed by atoms with Gasteiger partial charge in [-0.3, -0.25) is 0 Å². The Morgan fingerprint density at radius 2 is 1.86 bits per heavy atom. The van der Waals surface area contributed by atoms with Crippen LogP contribution < -0.4 is 5.32 Å². The van der Waals surface area contributed by atoms with Crippen molar-refractivity contribution in [3.8, 4) is 0 Å². The smallest absolute Gasteiger partial charge is 0.328 e. The van der Waals surface area contributed by atoms with Crippen LogP contribution in [0.3, 0.4) is 0 Å². The number of ether oxygens (including phenoxy) is 1. The second-order valence-electron chi connectivity index (χ2n) is 4.59. The van der Waals surface area contributed by atoms with Gasteiger partial charge in [0.15, 0.2) is 0 Å². The van der Waals surface area contributed by atoms with Crippen LogP contribution in [0.4, 0.5) is 5.69 Å². The van der Waals surface area contributed by atoms with E-state index in [4.69, 9.17) is 27.9 Å². The van der Waals surface area contributed by atoms with E-state index in [2.05, 4.69) is 5.32 Å². The Morgan fingerprint density at radius 3 is 2.52 bits per heavy atom. The lowest BCUT2D eigenvalue weighted by Gasteiger charge is -2.15. The summed E-state index contributed by atoms with van der Waals surface area (Å²) in [6.07, 6.45) is 0. The van der Waals surface area contributed by atoms with Gasteiger partial charge in [-0.05, 0) is 30.7 Å². The number of carbonyl (C=O) groups is 1. The summed E-state index contributed by atoms with van der Waals surface area (Å²) in [4.78, 5) is 11.9. The first-order valence-corrected chi connectivity index (χ1v) is 7.24. The second kappa shape index (κ2) is 7.34. The molecule has 0 heterocycles. The topological polar surface area (TPSA) is 38.3 Å². The summed E-state index contributed by atoms with van der Waals surface area (Å²) in [7, 11) is 0. The number of hydrogen-bond acceptors (Lipinski definition) is 3. The zero-order chi connectivity index (χ0) is 15.2. The van der Waals surface area contributed by atoms with E-state index < -0.39 is 6.04 Å². The third-order valence-electron chi connectivity index (χ3n) is 2.88. The molecule has 0 bridgehead atoms. The zero-order valence-electron chi connectivity index (χ0n) is 11.5. The molecule has 0 aliphatic rings. The highest BCUT2D eigenvalue weighted by molar-refractivity contribution is 6.42. The molecule has 2 aromatic rings. The standard InChI is InChI=1S/C16H15Cl2NO2/c1-11(19-13-7-8-14(17)15(18)9-13)16(20)21-10-12-5-3-2-4-6-12/h2-9,11,19H,10H2,1H3. The molecule has 1 N–H and O–H groups in total. The predicted molar refractivity (Wildman–Crippen MR) is 85.8 cm³/mol. The Hall–Kier alpha value is -1.71. The van der Waals surface area contributed by atoms with Gasteiger partial charge in [0.1, 0.15) is 12.6 Å². The van der Waals surface area contributed by atoms with E-state index >= 15 is 0 Å². The van der Waals surface area contributed by atoms with Gasteiger partial charge in [-0.15, -0.1) is 0 Å². The molecule has 5 heteroatoms. The third kappa shape index (κ3) is 4.66. The molecule has 0 saturated carbocycles. The Labute approximate surface area is 133 Å². The van der Waals surface area contributed by atoms with Crippen molar-refractivity contribution < 1.29 is 9.53 Å². The third-order valence-corrected chi connectivity index (χ3v) is 3.62. The molecule has 1 unspecified atom stereocenters. The van der Waals surface area contributed by atoms with E-state index in [9.17, 15) is 4.79 Å². The van der Waals surface area contributed by atoms with E-state index in [0.29, 0.717) is 15.7 Å². The fourth-order valence-electron chi connectivity index (χ4n) is 1.75. The van der Waals surface area contributed by atoms with E-state index in [-0.39, 0.29) is 12.6 Å². The summed E-state index contributed by atoms with van der Waals surface area (Å²) in [5.74, 6) is -0.329. The van der Waals surface area contributed by atoms with Crippen LogP contribution in [0, 0.1) is 0 Å². The average Bonchev–Trinajstić information content (AvgIpc) is 2.49. The minimum Gasteiger partial charge on any atom is -0.459 e. The zero-order valence-corrected chi connectivity index (χ0v) is 13.0. The quantitative estimate of drug-likeness (QED) is 0.821.